The smallest absolute Gasteiger partial charge is 0.399 e. The largest absolute Gasteiger partial charge is 0.496 e. The van der Waals surface area contributed by atoms with Crippen molar-refractivity contribution >= 4 is 41.4 Å². The second kappa shape index (κ2) is 11.3. The highest BCUT2D eigenvalue weighted by molar-refractivity contribution is 6.62. The molecule has 5 aliphatic heterocycles. The Morgan fingerprint density at radius 1 is 1.05 bits per heavy atom. The van der Waals surface area contributed by atoms with Crippen molar-refractivity contribution in [3.8, 4) is 0 Å². The fourth-order valence-corrected chi connectivity index (χ4v) is 7.40. The molecule has 1 aromatic heterocycles. The fourth-order valence-electron chi connectivity index (χ4n) is 7.40. The van der Waals surface area contributed by atoms with E-state index in [2.05, 4.69) is 76.0 Å². The highest BCUT2D eigenvalue weighted by Crippen LogP contribution is 2.42. The molecule has 0 unspecified atom stereocenters. The topological polar surface area (TPSA) is 85.4 Å². The van der Waals surface area contributed by atoms with Crippen LogP contribution in [0.1, 0.15) is 85.6 Å². The normalized spacial score (nSPS) is 28.8. The van der Waals surface area contributed by atoms with Gasteiger partial charge >= 0.3 is 7.12 Å². The first kappa shape index (κ1) is 30.0. The Morgan fingerprint density at radius 3 is 2.43 bits per heavy atom. The van der Waals surface area contributed by atoms with Gasteiger partial charge < -0.3 is 33.9 Å². The monoisotopic (exact) mass is 602 g/mol. The number of carbonyl (C=O) groups is 1. The second-order valence-corrected chi connectivity index (χ2v) is 14.6. The van der Waals surface area contributed by atoms with Crippen molar-refractivity contribution in [3.05, 3.63) is 36.0 Å². The number of carbonyl (C=O) groups excluding carboxylic acids is 1. The minimum absolute atomic E-state index is 0.0429. The Bertz CT molecular complexity index is 1380. The Morgan fingerprint density at radius 2 is 1.80 bits per heavy atom. The van der Waals surface area contributed by atoms with Crippen LogP contribution in [0.4, 0.5) is 22.9 Å². The number of pyridine rings is 1. The fraction of sp³-hybridized carbons (Fsp3) is 0.647. The molecule has 1 aromatic carbocycles. The van der Waals surface area contributed by atoms with Gasteiger partial charge in [0.1, 0.15) is 5.82 Å². The highest BCUT2D eigenvalue weighted by atomic mass is 16.7. The van der Waals surface area contributed by atoms with Crippen LogP contribution in [0.3, 0.4) is 0 Å². The third kappa shape index (κ3) is 5.52. The van der Waals surface area contributed by atoms with Crippen LogP contribution in [0.15, 0.2) is 30.5 Å². The van der Waals surface area contributed by atoms with Gasteiger partial charge in [-0.05, 0) is 98.3 Å². The third-order valence-corrected chi connectivity index (χ3v) is 10.6. The van der Waals surface area contributed by atoms with Crippen LogP contribution in [-0.4, -0.2) is 66.7 Å². The van der Waals surface area contributed by atoms with Crippen LogP contribution in [0.25, 0.3) is 0 Å². The summed E-state index contributed by atoms with van der Waals surface area (Å²) in [6.07, 6.45) is 8.29. The summed E-state index contributed by atoms with van der Waals surface area (Å²) in [6, 6.07) is 8.96. The van der Waals surface area contributed by atoms with Crippen molar-refractivity contribution < 1.29 is 23.6 Å². The van der Waals surface area contributed by atoms with Gasteiger partial charge in [0, 0.05) is 35.4 Å². The number of aromatic nitrogens is 1. The van der Waals surface area contributed by atoms with Crippen LogP contribution < -0.4 is 20.6 Å². The molecule has 44 heavy (non-hydrogen) atoms. The number of fused-ring (bicyclic) bond motifs is 5. The number of piperidine rings is 1. The maximum absolute atomic E-state index is 14.5. The van der Waals surface area contributed by atoms with Gasteiger partial charge in [-0.1, -0.05) is 6.07 Å². The second-order valence-electron chi connectivity index (χ2n) is 14.6. The van der Waals surface area contributed by atoms with Crippen molar-refractivity contribution in [2.45, 2.75) is 122 Å². The number of benzene rings is 1. The van der Waals surface area contributed by atoms with Crippen molar-refractivity contribution in [1.29, 1.82) is 0 Å². The van der Waals surface area contributed by atoms with E-state index < -0.39 is 18.3 Å². The van der Waals surface area contributed by atoms with Crippen LogP contribution in [0, 0.1) is 5.92 Å². The average Bonchev–Trinajstić information content (AvgIpc) is 3.12. The SMILES string of the molecule is CC(C)O[C@H]1CC[C@H](C(=O)N2Cc3cc(B4OC(C)(C)C(C)(C)O4)cnc3Nc3ccc(N4C[C@@H]5CC[C@H]4CO5)cc32)CC1. The molecule has 1 aliphatic carbocycles. The molecular formula is C34H47BN4O5. The minimum Gasteiger partial charge on any atom is -0.399 e. The molecule has 9 nitrogen and oxygen atoms in total. The molecule has 5 fully saturated rings. The van der Waals surface area contributed by atoms with Gasteiger partial charge in [0.15, 0.2) is 0 Å². The lowest BCUT2D eigenvalue weighted by molar-refractivity contribution is -0.124. The molecule has 10 heteroatoms. The Labute approximate surface area is 262 Å². The predicted octanol–water partition coefficient (Wildman–Crippen LogP) is 5.32. The Balaban J connectivity index is 1.21. The zero-order valence-electron chi connectivity index (χ0n) is 27.1. The van der Waals surface area contributed by atoms with Crippen molar-refractivity contribution in [3.63, 3.8) is 0 Å². The molecule has 1 amide bonds. The molecule has 2 bridgehead atoms. The standard InChI is InChI=1S/C34H47BN4O5/c1-21(2)42-27-11-7-22(8-12-27)32(40)39-18-23-15-24(35-43-33(3,4)34(5,6)44-35)17-36-31(23)37-29-14-10-25(16-30(29)39)38-19-28-13-9-26(38)20-41-28/h10,14-17,21-22,26-28H,7-9,11-13,18-20H2,1-6H3,(H,36,37)/t22-,26-,27-,28-/m0/s1. The number of hydrogen-bond acceptors (Lipinski definition) is 8. The van der Waals surface area contributed by atoms with E-state index in [0.717, 1.165) is 85.6 Å². The summed E-state index contributed by atoms with van der Waals surface area (Å²) in [5.74, 6) is 0.887. The van der Waals surface area contributed by atoms with Gasteiger partial charge in [0.05, 0.1) is 60.1 Å². The summed E-state index contributed by atoms with van der Waals surface area (Å²) >= 11 is 0. The highest BCUT2D eigenvalue weighted by Gasteiger charge is 2.52. The number of amides is 1. The quantitative estimate of drug-likeness (QED) is 0.461. The van der Waals surface area contributed by atoms with Gasteiger partial charge in [-0.15, -0.1) is 0 Å². The van der Waals surface area contributed by atoms with Crippen molar-refractivity contribution in [1.82, 2.24) is 4.98 Å². The molecule has 1 N–H and O–H groups in total. The van der Waals surface area contributed by atoms with Gasteiger partial charge in [-0.2, -0.15) is 0 Å². The average molecular weight is 603 g/mol. The van der Waals surface area contributed by atoms with E-state index in [0.29, 0.717) is 12.6 Å². The van der Waals surface area contributed by atoms with E-state index in [1.54, 1.807) is 0 Å². The molecule has 236 valence electrons. The molecule has 0 radical (unpaired) electrons. The molecule has 0 spiro atoms. The molecule has 8 rings (SSSR count). The number of ether oxygens (including phenoxy) is 2. The number of rotatable bonds is 5. The van der Waals surface area contributed by atoms with Crippen LogP contribution in [0.5, 0.6) is 0 Å². The first-order valence-corrected chi connectivity index (χ1v) is 16.6. The maximum atomic E-state index is 14.5. The van der Waals surface area contributed by atoms with E-state index in [-0.39, 0.29) is 30.1 Å². The molecule has 6 heterocycles. The van der Waals surface area contributed by atoms with Crippen molar-refractivity contribution in [2.24, 2.45) is 5.92 Å². The summed E-state index contributed by atoms with van der Waals surface area (Å²) in [5.41, 5.74) is 3.86. The summed E-state index contributed by atoms with van der Waals surface area (Å²) in [4.78, 5) is 23.8. The van der Waals surface area contributed by atoms with Gasteiger partial charge in [-0.3, -0.25) is 4.79 Å². The van der Waals surface area contributed by atoms with Crippen LogP contribution in [0.2, 0.25) is 0 Å². The summed E-state index contributed by atoms with van der Waals surface area (Å²) in [5, 5.41) is 3.58. The van der Waals surface area contributed by atoms with E-state index in [9.17, 15) is 4.79 Å². The number of anilines is 4. The summed E-state index contributed by atoms with van der Waals surface area (Å²) < 4.78 is 24.8. The minimum atomic E-state index is -0.521. The molecular weight excluding hydrogens is 555 g/mol. The van der Waals surface area contributed by atoms with E-state index in [1.165, 1.54) is 0 Å². The van der Waals surface area contributed by atoms with Gasteiger partial charge in [0.2, 0.25) is 5.91 Å². The summed E-state index contributed by atoms with van der Waals surface area (Å²) in [6.45, 7) is 14.5. The third-order valence-electron chi connectivity index (χ3n) is 10.6. The Kier molecular flexibility index (Phi) is 7.71. The van der Waals surface area contributed by atoms with E-state index >= 15 is 0 Å². The van der Waals surface area contributed by atoms with Crippen LogP contribution in [-0.2, 0) is 30.1 Å². The van der Waals surface area contributed by atoms with E-state index in [1.807, 2.05) is 11.1 Å². The van der Waals surface area contributed by atoms with Crippen LogP contribution >= 0.6 is 0 Å². The molecule has 6 aliphatic rings. The first-order valence-electron chi connectivity index (χ1n) is 16.6. The molecule has 2 aromatic rings. The lowest BCUT2D eigenvalue weighted by Crippen LogP contribution is -2.54. The molecule has 4 saturated heterocycles. The zero-order valence-corrected chi connectivity index (χ0v) is 27.1. The van der Waals surface area contributed by atoms with Gasteiger partial charge in [-0.25, -0.2) is 4.98 Å². The number of hydrogen-bond donors (Lipinski definition) is 1. The lowest BCUT2D eigenvalue weighted by Gasteiger charge is -2.46. The molecule has 2 atom stereocenters. The molecule has 1 saturated carbocycles. The van der Waals surface area contributed by atoms with Crippen molar-refractivity contribution in [2.75, 3.05) is 28.3 Å². The van der Waals surface area contributed by atoms with Gasteiger partial charge in [0.25, 0.3) is 0 Å². The lowest BCUT2D eigenvalue weighted by atomic mass is 9.79. The first-order chi connectivity index (χ1) is 21.0. The summed E-state index contributed by atoms with van der Waals surface area (Å²) in [7, 11) is -0.521. The maximum Gasteiger partial charge on any atom is 0.496 e. The zero-order chi connectivity index (χ0) is 30.8. The Hall–Kier alpha value is -2.66. The predicted molar refractivity (Wildman–Crippen MR) is 173 cm³/mol. The van der Waals surface area contributed by atoms with E-state index in [4.69, 9.17) is 23.8 Å². The number of morpholine rings is 1. The number of nitrogens with one attached hydrogen (secondary N) is 1. The number of nitrogens with zero attached hydrogens (tertiary/aromatic N) is 3.